The average Bonchev–Trinajstić information content (AvgIpc) is 3.08. The molecule has 1 unspecified atom stereocenters. The summed E-state index contributed by atoms with van der Waals surface area (Å²) in [6.07, 6.45) is 3.22. The van der Waals surface area contributed by atoms with E-state index in [1.54, 1.807) is 88.9 Å². The predicted octanol–water partition coefficient (Wildman–Crippen LogP) is 4.27. The van der Waals surface area contributed by atoms with Crippen LogP contribution in [-0.4, -0.2) is 82.3 Å². The molecule has 2 N–H and O–H groups in total. The van der Waals surface area contributed by atoms with Crippen molar-refractivity contribution in [2.24, 2.45) is 0 Å². The summed E-state index contributed by atoms with van der Waals surface area (Å²) in [5.41, 5.74) is 2.06. The number of hydrogen-bond acceptors (Lipinski definition) is 11. The number of methoxy groups -OCH3 is 2. The van der Waals surface area contributed by atoms with Gasteiger partial charge in [-0.15, -0.1) is 0 Å². The molecule has 4 rings (SSSR count). The van der Waals surface area contributed by atoms with Gasteiger partial charge in [-0.25, -0.2) is 0 Å². The van der Waals surface area contributed by atoms with Gasteiger partial charge in [0.15, 0.2) is 0 Å². The molecule has 0 aliphatic rings. The summed E-state index contributed by atoms with van der Waals surface area (Å²) < 4.78 is 21.2. The molecule has 249 valence electrons. The molecule has 0 spiro atoms. The van der Waals surface area contributed by atoms with E-state index >= 15 is 0 Å². The number of hydrogen-bond donors (Lipinski definition) is 2. The summed E-state index contributed by atoms with van der Waals surface area (Å²) in [4.78, 5) is 37.6. The van der Waals surface area contributed by atoms with Crippen molar-refractivity contribution in [2.45, 2.75) is 12.1 Å². The van der Waals surface area contributed by atoms with E-state index in [0.29, 0.717) is 39.8 Å². The minimum Gasteiger partial charge on any atom is -0.665 e. The Morgan fingerprint density at radius 1 is 0.787 bits per heavy atom. The van der Waals surface area contributed by atoms with Gasteiger partial charge in [-0.2, -0.15) is 14.2 Å². The molecule has 13 heteroatoms. The van der Waals surface area contributed by atoms with Gasteiger partial charge in [0.2, 0.25) is 0 Å². The number of carbonyl (C=O) groups is 2. The summed E-state index contributed by atoms with van der Waals surface area (Å²) in [7, 11) is 9.91. The molecule has 0 aliphatic heterocycles. The summed E-state index contributed by atoms with van der Waals surface area (Å²) in [5.74, 6) is -0.375. The van der Waals surface area contributed by atoms with Crippen molar-refractivity contribution in [3.05, 3.63) is 122 Å². The zero-order valence-electron chi connectivity index (χ0n) is 26.0. The number of ether oxygens (including phenoxy) is 4. The Bertz CT molecular complexity index is 1600. The maximum atomic E-state index is 12.8. The van der Waals surface area contributed by atoms with Crippen LogP contribution in [0.2, 0.25) is 0 Å². The first-order valence-electron chi connectivity index (χ1n) is 14.2. The number of phenols is 1. The number of aromatic nitrogens is 2. The molecule has 47 heavy (non-hydrogen) atoms. The van der Waals surface area contributed by atoms with Crippen molar-refractivity contribution in [1.82, 2.24) is 19.8 Å². The number of carbonyl (C=O) groups excluding carboxylic acids is 1. The standard InChI is InChI=1S/C34H36N4O8.Mn/c1-43-23-11-13-29(39)25(19-23)33(27-9-5-7-15-35-27)38(22-32(42)46-4)18-17-37(21-31(40)41)34(28-10-6-8-16-36-28)26-20-24(44-2)12-14-30(26)45-3;/h5-16,19-20,33-34,39H,3-4,17-18,21-22H2,1-2H3,(H,40,41);/q-2;/t33-,34?;/m0./s1. The fourth-order valence-electron chi connectivity index (χ4n) is 5.28. The summed E-state index contributed by atoms with van der Waals surface area (Å²) in [5, 5.41) is 21.1. The number of aromatic hydroxyl groups is 1. The molecule has 0 aliphatic carbocycles. The quantitative estimate of drug-likeness (QED) is 0.0989. The van der Waals surface area contributed by atoms with Crippen molar-refractivity contribution in [3.8, 4) is 23.0 Å². The number of benzene rings is 2. The first-order valence-corrected chi connectivity index (χ1v) is 14.2. The van der Waals surface area contributed by atoms with Gasteiger partial charge in [-0.1, -0.05) is 12.1 Å². The molecular formula is C34H36MnN4O8-2. The number of nitrogens with zero attached hydrogens (tertiary/aromatic N) is 4. The molecule has 0 bridgehead atoms. The summed E-state index contributed by atoms with van der Waals surface area (Å²) >= 11 is 0. The minimum absolute atomic E-state index is 0. The maximum absolute atomic E-state index is 12.8. The average molecular weight is 684 g/mol. The second kappa shape index (κ2) is 17.9. The van der Waals surface area contributed by atoms with E-state index in [1.807, 2.05) is 0 Å². The minimum atomic E-state index is -1.09. The van der Waals surface area contributed by atoms with Gasteiger partial charge in [0, 0.05) is 53.7 Å². The molecule has 4 aromatic rings. The van der Waals surface area contributed by atoms with E-state index in [4.69, 9.17) is 18.9 Å². The van der Waals surface area contributed by atoms with Crippen LogP contribution in [0.5, 0.6) is 23.0 Å². The van der Waals surface area contributed by atoms with Crippen LogP contribution >= 0.6 is 0 Å². The van der Waals surface area contributed by atoms with Gasteiger partial charge < -0.3 is 29.2 Å². The van der Waals surface area contributed by atoms with Crippen LogP contribution < -0.4 is 14.2 Å². The van der Waals surface area contributed by atoms with Crippen molar-refractivity contribution < 1.29 is 55.8 Å². The summed E-state index contributed by atoms with van der Waals surface area (Å²) in [6.45, 7) is -0.460. The van der Waals surface area contributed by atoms with Crippen molar-refractivity contribution in [3.63, 3.8) is 0 Å². The van der Waals surface area contributed by atoms with Crippen LogP contribution in [0.25, 0.3) is 0 Å². The number of phenolic OH excluding ortho intramolecular Hbond substituents is 1. The second-order valence-corrected chi connectivity index (χ2v) is 10.1. The van der Waals surface area contributed by atoms with Crippen LogP contribution in [0, 0.1) is 14.2 Å². The second-order valence-electron chi connectivity index (χ2n) is 10.1. The number of esters is 1. The topological polar surface area (TPSA) is 144 Å². The maximum Gasteiger partial charge on any atom is 0.317 e. The fraction of sp³-hybridized carbons (Fsp3) is 0.235. The van der Waals surface area contributed by atoms with Gasteiger partial charge in [-0.05, 0) is 60.7 Å². The molecule has 0 amide bonds. The third-order valence-electron chi connectivity index (χ3n) is 7.37. The van der Waals surface area contributed by atoms with Gasteiger partial charge >= 0.3 is 5.97 Å². The number of rotatable bonds is 16. The van der Waals surface area contributed by atoms with Crippen LogP contribution in [0.15, 0.2) is 85.2 Å². The van der Waals surface area contributed by atoms with E-state index in [1.165, 1.54) is 20.3 Å². The van der Waals surface area contributed by atoms with E-state index in [0.717, 1.165) is 0 Å². The predicted molar refractivity (Wildman–Crippen MR) is 168 cm³/mol. The Labute approximate surface area is 284 Å². The molecule has 2 atom stereocenters. The molecule has 0 saturated carbocycles. The Kier molecular flexibility index (Phi) is 14.0. The van der Waals surface area contributed by atoms with E-state index in [-0.39, 0.29) is 42.5 Å². The van der Waals surface area contributed by atoms with Crippen LogP contribution in [0.3, 0.4) is 0 Å². The number of carboxylic acids is 1. The zero-order chi connectivity index (χ0) is 33.1. The van der Waals surface area contributed by atoms with Gasteiger partial charge in [0.05, 0.1) is 56.5 Å². The molecule has 0 saturated heterocycles. The molecule has 1 radical (unpaired) electrons. The number of aliphatic carboxylic acids is 1. The van der Waals surface area contributed by atoms with Crippen molar-refractivity contribution >= 4 is 11.9 Å². The Hall–Kier alpha value is -4.68. The van der Waals surface area contributed by atoms with Gasteiger partial charge in [0.25, 0.3) is 5.97 Å². The van der Waals surface area contributed by atoms with Gasteiger partial charge in [-0.3, -0.25) is 29.4 Å². The molecule has 0 fully saturated rings. The third kappa shape index (κ3) is 9.43. The Balaban J connectivity index is 0.00000600. The van der Waals surface area contributed by atoms with E-state index in [2.05, 4.69) is 24.2 Å². The van der Waals surface area contributed by atoms with Crippen molar-refractivity contribution in [1.29, 1.82) is 0 Å². The SMILES string of the molecule is [CH2-]OC(=O)CN(CCN(CC(=O)O)C(c1ccccn1)c1cc(OC)ccc1O[CH2-])[C@H](c1ccccn1)c1cc(OC)ccc1O.[Mn]. The molecule has 2 aromatic heterocycles. The number of carboxylic acid groups (broad SMARTS) is 1. The summed E-state index contributed by atoms with van der Waals surface area (Å²) in [6, 6.07) is 19.1. The number of pyridine rings is 2. The smallest absolute Gasteiger partial charge is 0.317 e. The molecule has 2 heterocycles. The Morgan fingerprint density at radius 3 is 1.81 bits per heavy atom. The van der Waals surface area contributed by atoms with Crippen LogP contribution in [0.1, 0.15) is 34.6 Å². The third-order valence-corrected chi connectivity index (χ3v) is 7.37. The van der Waals surface area contributed by atoms with Gasteiger partial charge in [0.1, 0.15) is 17.2 Å². The largest absolute Gasteiger partial charge is 0.665 e. The fourth-order valence-corrected chi connectivity index (χ4v) is 5.28. The first-order chi connectivity index (χ1) is 22.3. The Morgan fingerprint density at radius 2 is 1.32 bits per heavy atom. The van der Waals surface area contributed by atoms with Crippen molar-refractivity contribution in [2.75, 3.05) is 40.4 Å². The van der Waals surface area contributed by atoms with E-state index < -0.39 is 30.6 Å². The molecule has 12 nitrogen and oxygen atoms in total. The van der Waals surface area contributed by atoms with Crippen LogP contribution in [-0.2, 0) is 31.4 Å². The zero-order valence-corrected chi connectivity index (χ0v) is 27.2. The first kappa shape index (κ1) is 36.8. The normalized spacial score (nSPS) is 12.1. The molecule has 2 aromatic carbocycles. The van der Waals surface area contributed by atoms with E-state index in [9.17, 15) is 19.8 Å². The van der Waals surface area contributed by atoms with Crippen LogP contribution in [0.4, 0.5) is 0 Å². The molecular weight excluding hydrogens is 647 g/mol. The monoisotopic (exact) mass is 683 g/mol.